The fourth-order valence-corrected chi connectivity index (χ4v) is 5.68. The van der Waals surface area contributed by atoms with Gasteiger partial charge in [0.25, 0.3) is 0 Å². The lowest BCUT2D eigenvalue weighted by Crippen LogP contribution is -2.56. The monoisotopic (exact) mass is 401 g/mol. The Labute approximate surface area is 172 Å². The van der Waals surface area contributed by atoms with Crippen molar-refractivity contribution < 1.29 is 9.18 Å². The standard InChI is InChI=1S/C22H32FN5O/c1-14-5-6-19(23)18-10-20(26-21(14)18)22(29)25-15-3-2-4-16(9-15)27-7-8-28-13-24-11-17(28)12-27/h5-6,15-17,20,24,26H,2-4,7-13H2,1H3,(H,25,29)/t15-,16-,17?,20?/m1/s1. The van der Waals surface area contributed by atoms with E-state index >= 15 is 0 Å². The Morgan fingerprint density at radius 1 is 1.21 bits per heavy atom. The fraction of sp³-hybridized carbons (Fsp3) is 0.682. The third kappa shape index (κ3) is 3.76. The van der Waals surface area contributed by atoms with Crippen LogP contribution in [-0.2, 0) is 11.2 Å². The van der Waals surface area contributed by atoms with E-state index in [1.807, 2.05) is 6.92 Å². The van der Waals surface area contributed by atoms with Gasteiger partial charge in [0, 0.05) is 68.6 Å². The molecule has 29 heavy (non-hydrogen) atoms. The van der Waals surface area contributed by atoms with Crippen LogP contribution in [0.1, 0.15) is 36.8 Å². The lowest BCUT2D eigenvalue weighted by Gasteiger charge is -2.44. The number of benzene rings is 1. The molecule has 1 saturated carbocycles. The molecule has 7 heteroatoms. The summed E-state index contributed by atoms with van der Waals surface area (Å²) in [6.07, 6.45) is 4.88. The van der Waals surface area contributed by atoms with Gasteiger partial charge in [0.1, 0.15) is 11.9 Å². The van der Waals surface area contributed by atoms with Crippen molar-refractivity contribution in [2.24, 2.45) is 0 Å². The van der Waals surface area contributed by atoms with E-state index in [2.05, 4.69) is 25.8 Å². The molecule has 3 N–H and O–H groups in total. The predicted molar refractivity (Wildman–Crippen MR) is 111 cm³/mol. The molecule has 1 amide bonds. The maximum absolute atomic E-state index is 14.1. The van der Waals surface area contributed by atoms with Crippen molar-refractivity contribution in [1.29, 1.82) is 0 Å². The SMILES string of the molecule is Cc1ccc(F)c2c1NC(C(=O)N[C@@H]1CCC[C@@H](N3CCN4CNCC4C3)C1)C2. The van der Waals surface area contributed by atoms with Crippen molar-refractivity contribution in [3.8, 4) is 0 Å². The number of hydrogen-bond acceptors (Lipinski definition) is 5. The minimum Gasteiger partial charge on any atom is -0.373 e. The van der Waals surface area contributed by atoms with Gasteiger partial charge >= 0.3 is 0 Å². The van der Waals surface area contributed by atoms with E-state index in [9.17, 15) is 9.18 Å². The Morgan fingerprint density at radius 3 is 2.93 bits per heavy atom. The topological polar surface area (TPSA) is 59.6 Å². The molecular weight excluding hydrogens is 369 g/mol. The number of hydrogen-bond donors (Lipinski definition) is 3. The molecule has 1 aromatic rings. The Morgan fingerprint density at radius 2 is 2.07 bits per heavy atom. The largest absolute Gasteiger partial charge is 0.373 e. The molecule has 2 saturated heterocycles. The van der Waals surface area contributed by atoms with Gasteiger partial charge in [0.2, 0.25) is 5.91 Å². The Balaban J connectivity index is 1.17. The van der Waals surface area contributed by atoms with Gasteiger partial charge in [-0.15, -0.1) is 0 Å². The summed E-state index contributed by atoms with van der Waals surface area (Å²) in [5, 5.41) is 10.0. The third-order valence-electron chi connectivity index (χ3n) is 7.35. The lowest BCUT2D eigenvalue weighted by molar-refractivity contribution is -0.122. The summed E-state index contributed by atoms with van der Waals surface area (Å²) in [7, 11) is 0. The highest BCUT2D eigenvalue weighted by atomic mass is 19.1. The van der Waals surface area contributed by atoms with E-state index < -0.39 is 0 Å². The Hall–Kier alpha value is -1.70. The fourth-order valence-electron chi connectivity index (χ4n) is 5.68. The van der Waals surface area contributed by atoms with Gasteiger partial charge in [-0.25, -0.2) is 4.39 Å². The van der Waals surface area contributed by atoms with Crippen LogP contribution in [-0.4, -0.2) is 72.7 Å². The van der Waals surface area contributed by atoms with E-state index in [1.165, 1.54) is 12.5 Å². The van der Waals surface area contributed by atoms with Crippen LogP contribution < -0.4 is 16.0 Å². The van der Waals surface area contributed by atoms with Crippen LogP contribution in [0.2, 0.25) is 0 Å². The zero-order valence-corrected chi connectivity index (χ0v) is 17.2. The van der Waals surface area contributed by atoms with Gasteiger partial charge in [-0.05, 0) is 44.2 Å². The highest BCUT2D eigenvalue weighted by Gasteiger charge is 2.36. The summed E-state index contributed by atoms with van der Waals surface area (Å²) in [5.41, 5.74) is 2.44. The number of nitrogens with one attached hydrogen (secondary N) is 3. The molecule has 3 fully saturated rings. The molecule has 4 aliphatic rings. The second-order valence-corrected chi connectivity index (χ2v) is 9.22. The summed E-state index contributed by atoms with van der Waals surface area (Å²) >= 11 is 0. The number of nitrogens with zero attached hydrogens (tertiary/aromatic N) is 2. The van der Waals surface area contributed by atoms with Gasteiger partial charge < -0.3 is 16.0 Å². The highest BCUT2D eigenvalue weighted by molar-refractivity contribution is 5.88. The Bertz CT molecular complexity index is 756. The summed E-state index contributed by atoms with van der Waals surface area (Å²) in [5.74, 6) is -0.206. The molecule has 0 aromatic heterocycles. The first kappa shape index (κ1) is 19.3. The van der Waals surface area contributed by atoms with Gasteiger partial charge in [-0.2, -0.15) is 0 Å². The van der Waals surface area contributed by atoms with E-state index in [1.54, 1.807) is 6.07 Å². The quantitative estimate of drug-likeness (QED) is 0.716. The molecule has 1 aliphatic carbocycles. The third-order valence-corrected chi connectivity index (χ3v) is 7.35. The number of rotatable bonds is 3. The van der Waals surface area contributed by atoms with Crippen LogP contribution in [0.25, 0.3) is 0 Å². The van der Waals surface area contributed by atoms with Gasteiger partial charge in [-0.1, -0.05) is 6.07 Å². The second-order valence-electron chi connectivity index (χ2n) is 9.22. The van der Waals surface area contributed by atoms with Gasteiger partial charge in [0.05, 0.1) is 0 Å². The normalized spacial score (nSPS) is 32.5. The van der Waals surface area contributed by atoms with Crippen molar-refractivity contribution in [3.05, 3.63) is 29.1 Å². The maximum atomic E-state index is 14.1. The van der Waals surface area contributed by atoms with E-state index in [0.29, 0.717) is 24.1 Å². The average molecular weight is 402 g/mol. The van der Waals surface area contributed by atoms with Crippen molar-refractivity contribution >= 4 is 11.6 Å². The first-order chi connectivity index (χ1) is 14.1. The number of fused-ring (bicyclic) bond motifs is 2. The number of halogens is 1. The van der Waals surface area contributed by atoms with E-state index in [0.717, 1.165) is 63.4 Å². The molecule has 3 aliphatic heterocycles. The lowest BCUT2D eigenvalue weighted by atomic mass is 9.89. The first-order valence-electron chi connectivity index (χ1n) is 11.1. The van der Waals surface area contributed by atoms with Gasteiger partial charge in [-0.3, -0.25) is 14.6 Å². The van der Waals surface area contributed by atoms with E-state index in [-0.39, 0.29) is 23.8 Å². The molecule has 5 rings (SSSR count). The molecule has 158 valence electrons. The summed E-state index contributed by atoms with van der Waals surface area (Å²) in [6, 6.07) is 4.32. The minimum absolute atomic E-state index is 0.00969. The molecule has 0 bridgehead atoms. The summed E-state index contributed by atoms with van der Waals surface area (Å²) in [4.78, 5) is 18.1. The van der Waals surface area contributed by atoms with Crippen molar-refractivity contribution in [2.75, 3.05) is 38.2 Å². The van der Waals surface area contributed by atoms with Crippen LogP contribution in [0, 0.1) is 12.7 Å². The molecule has 0 spiro atoms. The zero-order valence-electron chi connectivity index (χ0n) is 17.2. The molecule has 3 heterocycles. The average Bonchev–Trinajstić information content (AvgIpc) is 3.38. The van der Waals surface area contributed by atoms with Gasteiger partial charge in [0.15, 0.2) is 0 Å². The Kier molecular flexibility index (Phi) is 5.22. The predicted octanol–water partition coefficient (Wildman–Crippen LogP) is 1.45. The zero-order chi connectivity index (χ0) is 20.0. The molecule has 1 aromatic carbocycles. The molecule has 4 atom stereocenters. The second kappa shape index (κ2) is 7.85. The van der Waals surface area contributed by atoms with Crippen LogP contribution >= 0.6 is 0 Å². The number of carbonyl (C=O) groups excluding carboxylic acids is 1. The van der Waals surface area contributed by atoms with Crippen LogP contribution in [0.4, 0.5) is 10.1 Å². The number of amides is 1. The van der Waals surface area contributed by atoms with Crippen molar-refractivity contribution in [3.63, 3.8) is 0 Å². The number of aryl methyl sites for hydroxylation is 1. The summed E-state index contributed by atoms with van der Waals surface area (Å²) in [6.45, 7) is 7.47. The maximum Gasteiger partial charge on any atom is 0.243 e. The summed E-state index contributed by atoms with van der Waals surface area (Å²) < 4.78 is 14.1. The van der Waals surface area contributed by atoms with Crippen LogP contribution in [0.3, 0.4) is 0 Å². The van der Waals surface area contributed by atoms with E-state index in [4.69, 9.17) is 0 Å². The molecule has 2 unspecified atom stereocenters. The highest BCUT2D eigenvalue weighted by Crippen LogP contribution is 2.32. The molecule has 0 radical (unpaired) electrons. The van der Waals surface area contributed by atoms with Crippen LogP contribution in [0.15, 0.2) is 12.1 Å². The minimum atomic E-state index is -0.367. The van der Waals surface area contributed by atoms with Crippen molar-refractivity contribution in [1.82, 2.24) is 20.4 Å². The smallest absolute Gasteiger partial charge is 0.243 e. The first-order valence-corrected chi connectivity index (χ1v) is 11.1. The van der Waals surface area contributed by atoms with Crippen LogP contribution in [0.5, 0.6) is 0 Å². The number of anilines is 1. The number of carbonyl (C=O) groups is 1. The molecular formula is C22H32FN5O. The van der Waals surface area contributed by atoms with Crippen molar-refractivity contribution in [2.45, 2.75) is 63.2 Å². The molecule has 6 nitrogen and oxygen atoms in total. The number of piperazine rings is 1.